The van der Waals surface area contributed by atoms with Crippen LogP contribution in [0.5, 0.6) is 0 Å². The molecular weight excluding hydrogens is 628 g/mol. The molecule has 1 unspecified atom stereocenters. The van der Waals surface area contributed by atoms with Crippen LogP contribution >= 0.6 is 14.5 Å². The Bertz CT molecular complexity index is 1720. The number of fused-ring (bicyclic) bond motifs is 1. The van der Waals surface area contributed by atoms with Gasteiger partial charge in [0.15, 0.2) is 29.9 Å². The number of nitrogens with two attached hydrogens (primary N) is 1. The molecule has 226 valence electrons. The molecule has 1 saturated heterocycles. The van der Waals surface area contributed by atoms with Crippen LogP contribution in [-0.4, -0.2) is 71.1 Å². The average molecular weight is 651 g/mol. The van der Waals surface area contributed by atoms with E-state index in [1.54, 1.807) is 36.4 Å². The van der Waals surface area contributed by atoms with Gasteiger partial charge in [0.2, 0.25) is 0 Å². The first-order valence-electron chi connectivity index (χ1n) is 12.3. The quantitative estimate of drug-likeness (QED) is 0.142. The molecule has 19 heteroatoms. The Morgan fingerprint density at radius 1 is 0.930 bits per heavy atom. The molecular formula is C24H23N5O11P2S. The van der Waals surface area contributed by atoms with Crippen LogP contribution in [-0.2, 0) is 39.4 Å². The van der Waals surface area contributed by atoms with Gasteiger partial charge >= 0.3 is 26.5 Å². The monoisotopic (exact) mass is 651 g/mol. The number of ether oxygens (including phenoxy) is 3. The largest absolute Gasteiger partial charge is 0.479 e. The van der Waals surface area contributed by atoms with Crippen molar-refractivity contribution in [3.63, 3.8) is 0 Å². The number of carbonyl (C=O) groups is 2. The van der Waals surface area contributed by atoms with Crippen LogP contribution in [0.1, 0.15) is 26.9 Å². The van der Waals surface area contributed by atoms with Gasteiger partial charge in [0.05, 0.1) is 24.1 Å². The third-order valence-electron chi connectivity index (χ3n) is 6.06. The molecule has 2 aromatic carbocycles. The molecule has 5 rings (SSSR count). The first kappa shape index (κ1) is 30.8. The number of hydrogen-bond donors (Lipinski definition) is 4. The van der Waals surface area contributed by atoms with Crippen molar-refractivity contribution >= 4 is 55.3 Å². The Morgan fingerprint density at radius 2 is 1.51 bits per heavy atom. The van der Waals surface area contributed by atoms with Crippen LogP contribution in [0.4, 0.5) is 5.82 Å². The summed E-state index contributed by atoms with van der Waals surface area (Å²) in [5.41, 5.74) is 6.61. The van der Waals surface area contributed by atoms with E-state index < -0.39 is 57.6 Å². The van der Waals surface area contributed by atoms with Crippen LogP contribution in [0.15, 0.2) is 73.3 Å². The summed E-state index contributed by atoms with van der Waals surface area (Å²) in [4.78, 5) is 67.4. The third kappa shape index (κ3) is 7.30. The minimum atomic E-state index is -5.15. The Morgan fingerprint density at radius 3 is 2.09 bits per heavy atom. The number of phosphoric ester groups is 1. The van der Waals surface area contributed by atoms with Crippen molar-refractivity contribution in [1.82, 2.24) is 19.5 Å². The van der Waals surface area contributed by atoms with Gasteiger partial charge < -0.3 is 34.6 Å². The molecule has 5 atom stereocenters. The Labute approximate surface area is 247 Å². The fraction of sp³-hybridized carbons (Fsp3) is 0.208. The molecule has 16 nitrogen and oxygen atoms in total. The van der Waals surface area contributed by atoms with Crippen molar-refractivity contribution in [2.45, 2.75) is 24.5 Å². The van der Waals surface area contributed by atoms with E-state index in [0.717, 1.165) is 0 Å². The van der Waals surface area contributed by atoms with Gasteiger partial charge in [-0.2, -0.15) is 0 Å². The fourth-order valence-electron chi connectivity index (χ4n) is 4.25. The number of anilines is 1. The SMILES string of the molecule is Nc1ncnc2c1ncn2[C@@H]1O[C@H](COP(=O)(O)OP(O)(O)=S)[C@@H](OC(=O)c2ccccc2)[C@H]1OC(=O)c1ccccc1. The van der Waals surface area contributed by atoms with Crippen molar-refractivity contribution < 1.29 is 51.9 Å². The van der Waals surface area contributed by atoms with Crippen molar-refractivity contribution in [2.75, 3.05) is 12.3 Å². The average Bonchev–Trinajstić information content (AvgIpc) is 3.54. The lowest BCUT2D eigenvalue weighted by Crippen LogP contribution is -2.41. The van der Waals surface area contributed by atoms with E-state index in [-0.39, 0.29) is 28.1 Å². The first-order chi connectivity index (χ1) is 20.4. The van der Waals surface area contributed by atoms with Crippen molar-refractivity contribution in [2.24, 2.45) is 0 Å². The van der Waals surface area contributed by atoms with Crippen LogP contribution in [0.3, 0.4) is 0 Å². The van der Waals surface area contributed by atoms with Gasteiger partial charge in [-0.15, -0.1) is 0 Å². The Kier molecular flexibility index (Phi) is 8.99. The van der Waals surface area contributed by atoms with E-state index >= 15 is 0 Å². The summed E-state index contributed by atoms with van der Waals surface area (Å²) < 4.78 is 40.5. The summed E-state index contributed by atoms with van der Waals surface area (Å²) in [6.45, 7) is -5.44. The Balaban J connectivity index is 1.54. The summed E-state index contributed by atoms with van der Waals surface area (Å²) in [7, 11) is -5.15. The zero-order valence-electron chi connectivity index (χ0n) is 21.7. The summed E-state index contributed by atoms with van der Waals surface area (Å²) in [5, 5.41) is 0. The van der Waals surface area contributed by atoms with Gasteiger partial charge in [-0.1, -0.05) is 36.4 Å². The number of phosphoric acid groups is 1. The van der Waals surface area contributed by atoms with Crippen LogP contribution in [0, 0.1) is 0 Å². The Hall–Kier alpha value is -3.63. The van der Waals surface area contributed by atoms with E-state index in [1.807, 2.05) is 0 Å². The number of imidazole rings is 1. The zero-order chi connectivity index (χ0) is 30.8. The molecule has 0 radical (unpaired) electrons. The minimum absolute atomic E-state index is 0.0497. The van der Waals surface area contributed by atoms with Crippen molar-refractivity contribution in [3.05, 3.63) is 84.4 Å². The third-order valence-corrected chi connectivity index (χ3v) is 8.82. The smallest absolute Gasteiger partial charge is 0.452 e. The van der Waals surface area contributed by atoms with Crippen molar-refractivity contribution in [3.8, 4) is 0 Å². The van der Waals surface area contributed by atoms with Crippen molar-refractivity contribution in [1.29, 1.82) is 0 Å². The van der Waals surface area contributed by atoms with E-state index in [1.165, 1.54) is 41.5 Å². The summed E-state index contributed by atoms with van der Waals surface area (Å²) in [6, 6.07) is 15.8. The number of rotatable bonds is 10. The number of nitrogen functional groups attached to an aromatic ring is 1. The molecule has 0 aliphatic carbocycles. The minimum Gasteiger partial charge on any atom is -0.452 e. The highest BCUT2D eigenvalue weighted by atomic mass is 32.5. The van der Waals surface area contributed by atoms with Crippen LogP contribution < -0.4 is 5.73 Å². The second-order valence-electron chi connectivity index (χ2n) is 8.96. The van der Waals surface area contributed by atoms with Gasteiger partial charge in [-0.05, 0) is 36.1 Å². The second-order valence-corrected chi connectivity index (χ2v) is 13.2. The normalized spacial score (nSPS) is 21.7. The van der Waals surface area contributed by atoms with E-state index in [2.05, 4.69) is 31.1 Å². The maximum absolute atomic E-state index is 13.2. The molecule has 0 spiro atoms. The lowest BCUT2D eigenvalue weighted by Gasteiger charge is -2.25. The predicted molar refractivity (Wildman–Crippen MR) is 151 cm³/mol. The highest BCUT2D eigenvalue weighted by Crippen LogP contribution is 2.58. The van der Waals surface area contributed by atoms with Gasteiger partial charge in [-0.25, -0.2) is 33.4 Å². The number of benzene rings is 2. The molecule has 1 aliphatic heterocycles. The number of esters is 2. The molecule has 1 fully saturated rings. The van der Waals surface area contributed by atoms with Crippen LogP contribution in [0.2, 0.25) is 0 Å². The first-order valence-corrected chi connectivity index (χ1v) is 16.4. The summed E-state index contributed by atoms with van der Waals surface area (Å²) >= 11 is 4.25. The predicted octanol–water partition coefficient (Wildman–Crippen LogP) is 2.10. The number of hydrogen-bond acceptors (Lipinski definition) is 13. The molecule has 5 N–H and O–H groups in total. The molecule has 0 saturated carbocycles. The zero-order valence-corrected chi connectivity index (χ0v) is 24.3. The second kappa shape index (κ2) is 12.5. The lowest BCUT2D eigenvalue weighted by atomic mass is 10.1. The molecule has 1 aliphatic rings. The van der Waals surface area contributed by atoms with E-state index in [0.29, 0.717) is 0 Å². The lowest BCUT2D eigenvalue weighted by molar-refractivity contribution is -0.0558. The molecule has 2 aromatic heterocycles. The fourth-order valence-corrected chi connectivity index (χ4v) is 6.61. The highest BCUT2D eigenvalue weighted by Gasteiger charge is 2.52. The highest BCUT2D eigenvalue weighted by molar-refractivity contribution is 8.08. The van der Waals surface area contributed by atoms with Gasteiger partial charge in [0.25, 0.3) is 0 Å². The molecule has 0 bridgehead atoms. The summed E-state index contributed by atoms with van der Waals surface area (Å²) in [5.74, 6) is -1.60. The number of carbonyl (C=O) groups excluding carboxylic acids is 2. The van der Waals surface area contributed by atoms with Gasteiger partial charge in [0, 0.05) is 0 Å². The number of aromatic nitrogens is 4. The molecule has 0 amide bonds. The van der Waals surface area contributed by atoms with Gasteiger partial charge in [0.1, 0.15) is 17.9 Å². The maximum atomic E-state index is 13.2. The summed E-state index contributed by atoms with van der Waals surface area (Å²) in [6.07, 6.45) is -3.11. The standard InChI is InChI=1S/C24H23N5O11P2S/c25-20-17-21(27-12-26-20)29(13-28-17)22-19(39-24(31)15-9-5-2-6-10-15)18(38-23(30)14-7-3-1-4-8-14)16(37-22)11-36-41(32,33)40-42(34,35)43/h1-10,12-13,16,18-19,22H,11H2,(H,32,33)(H2,25,26,27)(H2,34,35,43)/t16-,18-,19-,22-/m1/s1. The molecule has 4 aromatic rings. The van der Waals surface area contributed by atoms with E-state index in [9.17, 15) is 28.8 Å². The molecule has 3 heterocycles. The molecule has 43 heavy (non-hydrogen) atoms. The van der Waals surface area contributed by atoms with Crippen LogP contribution in [0.25, 0.3) is 11.2 Å². The number of nitrogens with zero attached hydrogens (tertiary/aromatic N) is 4. The topological polar surface area (TPSA) is 228 Å². The van der Waals surface area contributed by atoms with E-state index in [4.69, 9.17) is 24.5 Å². The maximum Gasteiger partial charge on any atom is 0.479 e. The van der Waals surface area contributed by atoms with Gasteiger partial charge in [-0.3, -0.25) is 9.09 Å².